The lowest BCUT2D eigenvalue weighted by molar-refractivity contribution is -0.134. The number of hydrogen-bond acceptors (Lipinski definition) is 5. The normalized spacial score (nSPS) is 26.2. The molecule has 1 N–H and O–H groups in total. The summed E-state index contributed by atoms with van der Waals surface area (Å²) >= 11 is 0. The summed E-state index contributed by atoms with van der Waals surface area (Å²) in [5, 5.41) is 11.1. The topological polar surface area (TPSA) is 78.4 Å². The predicted octanol–water partition coefficient (Wildman–Crippen LogP) is 4.16. The van der Waals surface area contributed by atoms with Crippen LogP contribution in [0.25, 0.3) is 0 Å². The molecular weight excluding hydrogens is 450 g/mol. The molecule has 3 atom stereocenters. The highest BCUT2D eigenvalue weighted by Crippen LogP contribution is 2.49. The summed E-state index contributed by atoms with van der Waals surface area (Å²) in [6.07, 6.45) is 11.1. The van der Waals surface area contributed by atoms with Gasteiger partial charge in [-0.05, 0) is 92.0 Å². The van der Waals surface area contributed by atoms with Crippen LogP contribution in [-0.2, 0) is 16.0 Å². The zero-order chi connectivity index (χ0) is 24.5. The van der Waals surface area contributed by atoms with Crippen molar-refractivity contribution in [2.75, 3.05) is 36.4 Å². The molecule has 2 aliphatic heterocycles. The highest BCUT2D eigenvalue weighted by atomic mass is 16.2. The number of hydrogen-bond donors (Lipinski definition) is 1. The Morgan fingerprint density at radius 3 is 2.44 bits per heavy atom. The summed E-state index contributed by atoms with van der Waals surface area (Å²) in [4.78, 5) is 29.7. The van der Waals surface area contributed by atoms with E-state index in [1.165, 1.54) is 31.2 Å². The maximum absolute atomic E-state index is 12.9. The number of fused-ring (bicyclic) bond motifs is 2. The van der Waals surface area contributed by atoms with E-state index in [-0.39, 0.29) is 11.8 Å². The maximum Gasteiger partial charge on any atom is 0.231 e. The van der Waals surface area contributed by atoms with Gasteiger partial charge in [0, 0.05) is 44.5 Å². The zero-order valence-corrected chi connectivity index (χ0v) is 21.0. The van der Waals surface area contributed by atoms with Crippen LogP contribution >= 0.6 is 0 Å². The lowest BCUT2D eigenvalue weighted by Crippen LogP contribution is -2.52. The highest BCUT2D eigenvalue weighted by molar-refractivity contribution is 5.94. The zero-order valence-electron chi connectivity index (χ0n) is 21.0. The third kappa shape index (κ3) is 5.11. The molecule has 1 aromatic heterocycles. The minimum absolute atomic E-state index is 0.0246. The number of anilines is 2. The summed E-state index contributed by atoms with van der Waals surface area (Å²) in [5.74, 6) is 4.29. The van der Waals surface area contributed by atoms with Gasteiger partial charge in [-0.1, -0.05) is 18.6 Å². The van der Waals surface area contributed by atoms with Crippen LogP contribution in [0.1, 0.15) is 50.5 Å². The molecule has 7 nitrogen and oxygen atoms in total. The molecule has 2 aromatic rings. The SMILES string of the molecule is O=C(Nc1ccc(CC2CCN(C(=O)CC3C[C@@H]4CC[C@H]3C4)CC2)cc1)C1CN(c2cccnn2)C1. The van der Waals surface area contributed by atoms with Gasteiger partial charge in [0.05, 0.1) is 5.92 Å². The standard InChI is InChI=1S/C29H37N5O2/c35-28(17-24-16-22-3-6-23(24)15-22)33-12-9-21(10-13-33)14-20-4-7-26(8-5-20)31-29(36)25-18-34(19-25)27-2-1-11-30-32-27/h1-2,4-5,7-8,11,21-25H,3,6,9-10,12-19H2,(H,31,36)/t22-,23+,24?/m1/s1. The molecule has 6 rings (SSSR count). The lowest BCUT2D eigenvalue weighted by Gasteiger charge is -2.38. The van der Waals surface area contributed by atoms with E-state index in [9.17, 15) is 9.59 Å². The summed E-state index contributed by atoms with van der Waals surface area (Å²) in [5.41, 5.74) is 2.15. The van der Waals surface area contributed by atoms with E-state index in [0.717, 1.165) is 62.1 Å². The number of benzene rings is 1. The van der Waals surface area contributed by atoms with Crippen LogP contribution < -0.4 is 10.2 Å². The second-order valence-electron chi connectivity index (χ2n) is 11.5. The number of carbonyl (C=O) groups excluding carboxylic acids is 2. The Kier molecular flexibility index (Phi) is 6.63. The molecule has 3 heterocycles. The van der Waals surface area contributed by atoms with Crippen molar-refractivity contribution in [2.45, 2.75) is 51.4 Å². The van der Waals surface area contributed by atoms with Gasteiger partial charge in [-0.2, -0.15) is 5.10 Å². The van der Waals surface area contributed by atoms with Gasteiger partial charge in [0.15, 0.2) is 5.82 Å². The van der Waals surface area contributed by atoms with Crippen molar-refractivity contribution in [3.8, 4) is 0 Å². The molecule has 2 saturated heterocycles. The third-order valence-electron chi connectivity index (χ3n) is 9.17. The second-order valence-corrected chi connectivity index (χ2v) is 11.5. The van der Waals surface area contributed by atoms with E-state index in [2.05, 4.69) is 37.4 Å². The van der Waals surface area contributed by atoms with E-state index < -0.39 is 0 Å². The van der Waals surface area contributed by atoms with Gasteiger partial charge in [0.25, 0.3) is 0 Å². The van der Waals surface area contributed by atoms with E-state index in [4.69, 9.17) is 0 Å². The third-order valence-corrected chi connectivity index (χ3v) is 9.17. The summed E-state index contributed by atoms with van der Waals surface area (Å²) in [6.45, 7) is 3.16. The van der Waals surface area contributed by atoms with Gasteiger partial charge >= 0.3 is 0 Å². The predicted molar refractivity (Wildman–Crippen MR) is 139 cm³/mol. The summed E-state index contributed by atoms with van der Waals surface area (Å²) in [7, 11) is 0. The molecule has 2 aliphatic carbocycles. The van der Waals surface area contributed by atoms with Crippen LogP contribution in [0.4, 0.5) is 11.5 Å². The Labute approximate surface area is 213 Å². The van der Waals surface area contributed by atoms with Crippen LogP contribution in [0.2, 0.25) is 0 Å². The van der Waals surface area contributed by atoms with E-state index >= 15 is 0 Å². The average Bonchev–Trinajstić information content (AvgIpc) is 3.49. The second kappa shape index (κ2) is 10.2. The lowest BCUT2D eigenvalue weighted by atomic mass is 9.85. The minimum Gasteiger partial charge on any atom is -0.353 e. The Bertz CT molecular complexity index is 1060. The van der Waals surface area contributed by atoms with E-state index in [1.54, 1.807) is 6.20 Å². The van der Waals surface area contributed by atoms with Gasteiger partial charge in [-0.15, -0.1) is 5.10 Å². The summed E-state index contributed by atoms with van der Waals surface area (Å²) in [6, 6.07) is 12.1. The van der Waals surface area contributed by atoms with Gasteiger partial charge < -0.3 is 15.1 Å². The molecule has 190 valence electrons. The number of likely N-dealkylation sites (tertiary alicyclic amines) is 1. The minimum atomic E-state index is -0.0246. The Morgan fingerprint density at radius 2 is 1.78 bits per heavy atom. The average molecular weight is 488 g/mol. The van der Waals surface area contributed by atoms with Crippen LogP contribution in [0.3, 0.4) is 0 Å². The molecule has 1 aromatic carbocycles. The molecule has 4 fully saturated rings. The van der Waals surface area contributed by atoms with Crippen molar-refractivity contribution in [1.29, 1.82) is 0 Å². The molecule has 2 amide bonds. The molecular formula is C29H37N5O2. The first-order chi connectivity index (χ1) is 17.6. The fraction of sp³-hybridized carbons (Fsp3) is 0.586. The summed E-state index contributed by atoms with van der Waals surface area (Å²) < 4.78 is 0. The molecule has 1 unspecified atom stereocenters. The quantitative estimate of drug-likeness (QED) is 0.635. The van der Waals surface area contributed by atoms with Crippen molar-refractivity contribution in [3.05, 3.63) is 48.2 Å². The highest BCUT2D eigenvalue weighted by Gasteiger charge is 2.41. The van der Waals surface area contributed by atoms with Crippen LogP contribution in [-0.4, -0.2) is 53.1 Å². The fourth-order valence-corrected chi connectivity index (χ4v) is 6.96. The maximum atomic E-state index is 12.9. The molecule has 7 heteroatoms. The van der Waals surface area contributed by atoms with E-state index in [1.807, 2.05) is 24.3 Å². The Hall–Kier alpha value is -2.96. The van der Waals surface area contributed by atoms with Crippen molar-refractivity contribution in [1.82, 2.24) is 15.1 Å². The largest absolute Gasteiger partial charge is 0.353 e. The van der Waals surface area contributed by atoms with Gasteiger partial charge in [0.2, 0.25) is 11.8 Å². The first-order valence-corrected chi connectivity index (χ1v) is 13.8. The van der Waals surface area contributed by atoms with Gasteiger partial charge in [0.1, 0.15) is 0 Å². The fourth-order valence-electron chi connectivity index (χ4n) is 6.96. The van der Waals surface area contributed by atoms with Crippen molar-refractivity contribution < 1.29 is 9.59 Å². The first-order valence-electron chi connectivity index (χ1n) is 13.8. The number of rotatable bonds is 7. The monoisotopic (exact) mass is 487 g/mol. The Balaban J connectivity index is 0.918. The van der Waals surface area contributed by atoms with Crippen LogP contribution in [0, 0.1) is 29.6 Å². The van der Waals surface area contributed by atoms with E-state index in [0.29, 0.717) is 30.8 Å². The smallest absolute Gasteiger partial charge is 0.231 e. The van der Waals surface area contributed by atoms with Gasteiger partial charge in [-0.3, -0.25) is 9.59 Å². The number of carbonyl (C=O) groups is 2. The number of piperidine rings is 1. The van der Waals surface area contributed by atoms with Crippen LogP contribution in [0.5, 0.6) is 0 Å². The van der Waals surface area contributed by atoms with Crippen molar-refractivity contribution >= 4 is 23.3 Å². The Morgan fingerprint density at radius 1 is 0.972 bits per heavy atom. The molecule has 4 aliphatic rings. The first kappa shape index (κ1) is 23.4. The number of nitrogens with zero attached hydrogens (tertiary/aromatic N) is 4. The molecule has 2 saturated carbocycles. The number of amides is 2. The molecule has 2 bridgehead atoms. The molecule has 0 spiro atoms. The number of nitrogens with one attached hydrogen (secondary N) is 1. The molecule has 0 radical (unpaired) electrons. The molecule has 36 heavy (non-hydrogen) atoms. The van der Waals surface area contributed by atoms with Crippen molar-refractivity contribution in [3.63, 3.8) is 0 Å². The van der Waals surface area contributed by atoms with Gasteiger partial charge in [-0.25, -0.2) is 0 Å². The van der Waals surface area contributed by atoms with Crippen molar-refractivity contribution in [2.24, 2.45) is 29.6 Å². The van der Waals surface area contributed by atoms with Crippen LogP contribution in [0.15, 0.2) is 42.6 Å². The number of aromatic nitrogens is 2.